The van der Waals surface area contributed by atoms with Gasteiger partial charge in [0.05, 0.1) is 0 Å². The van der Waals surface area contributed by atoms with Crippen LogP contribution in [0.5, 0.6) is 0 Å². The summed E-state index contributed by atoms with van der Waals surface area (Å²) in [5.41, 5.74) is 2.55. The number of nitrogens with zero attached hydrogens (tertiary/aromatic N) is 2. The molecule has 0 aliphatic heterocycles. The quantitative estimate of drug-likeness (QED) is 0.872. The second-order valence-electron chi connectivity index (χ2n) is 4.42. The molecule has 0 aliphatic carbocycles. The van der Waals surface area contributed by atoms with Gasteiger partial charge < -0.3 is 5.32 Å². The lowest BCUT2D eigenvalue weighted by Gasteiger charge is -2.18. The summed E-state index contributed by atoms with van der Waals surface area (Å²) in [6, 6.07) is 14.6. The molecule has 3 nitrogen and oxygen atoms in total. The Morgan fingerprint density at radius 2 is 1.83 bits per heavy atom. The highest BCUT2D eigenvalue weighted by atomic mass is 15.1. The molecule has 0 radical (unpaired) electrons. The Kier molecular flexibility index (Phi) is 4.31. The third kappa shape index (κ3) is 3.31. The summed E-state index contributed by atoms with van der Waals surface area (Å²) in [4.78, 5) is 6.60. The van der Waals surface area contributed by atoms with E-state index >= 15 is 0 Å². The second kappa shape index (κ2) is 6.17. The van der Waals surface area contributed by atoms with Crippen molar-refractivity contribution in [1.29, 1.82) is 0 Å². The van der Waals surface area contributed by atoms with Crippen LogP contribution in [0.4, 0.5) is 5.82 Å². The first kappa shape index (κ1) is 12.6. The fraction of sp³-hybridized carbons (Fsp3) is 0.267. The van der Waals surface area contributed by atoms with Crippen LogP contribution in [-0.2, 0) is 13.1 Å². The van der Waals surface area contributed by atoms with Crippen molar-refractivity contribution in [3.05, 3.63) is 59.8 Å². The molecule has 0 bridgehead atoms. The van der Waals surface area contributed by atoms with Gasteiger partial charge in [-0.3, -0.25) is 4.90 Å². The molecule has 0 saturated heterocycles. The standard InChI is InChI=1S/C15H19N3/c1-16-15-14(9-6-10-17-15)12-18(2)11-13-7-4-3-5-8-13/h3-10H,11-12H2,1-2H3,(H,16,17). The molecular weight excluding hydrogens is 222 g/mol. The molecule has 94 valence electrons. The summed E-state index contributed by atoms with van der Waals surface area (Å²) >= 11 is 0. The van der Waals surface area contributed by atoms with E-state index in [1.165, 1.54) is 11.1 Å². The van der Waals surface area contributed by atoms with Gasteiger partial charge in [-0.25, -0.2) is 4.98 Å². The fourth-order valence-electron chi connectivity index (χ4n) is 2.03. The summed E-state index contributed by atoms with van der Waals surface area (Å²) in [5.74, 6) is 0.956. The summed E-state index contributed by atoms with van der Waals surface area (Å²) < 4.78 is 0. The van der Waals surface area contributed by atoms with Crippen molar-refractivity contribution in [3.8, 4) is 0 Å². The maximum Gasteiger partial charge on any atom is 0.130 e. The van der Waals surface area contributed by atoms with Crippen molar-refractivity contribution in [2.75, 3.05) is 19.4 Å². The molecule has 0 amide bonds. The van der Waals surface area contributed by atoms with Crippen LogP contribution in [0.2, 0.25) is 0 Å². The zero-order chi connectivity index (χ0) is 12.8. The number of hydrogen-bond donors (Lipinski definition) is 1. The Bertz CT molecular complexity index is 482. The van der Waals surface area contributed by atoms with E-state index in [-0.39, 0.29) is 0 Å². The molecule has 0 atom stereocenters. The van der Waals surface area contributed by atoms with E-state index in [2.05, 4.69) is 52.6 Å². The smallest absolute Gasteiger partial charge is 0.130 e. The average Bonchev–Trinajstić information content (AvgIpc) is 2.40. The van der Waals surface area contributed by atoms with Gasteiger partial charge in [-0.2, -0.15) is 0 Å². The van der Waals surface area contributed by atoms with E-state index in [4.69, 9.17) is 0 Å². The van der Waals surface area contributed by atoms with Crippen LogP contribution >= 0.6 is 0 Å². The Labute approximate surface area is 108 Å². The lowest BCUT2D eigenvalue weighted by molar-refractivity contribution is 0.319. The minimum atomic E-state index is 0.888. The first-order valence-electron chi connectivity index (χ1n) is 6.13. The molecule has 1 aromatic carbocycles. The van der Waals surface area contributed by atoms with E-state index in [0.717, 1.165) is 18.9 Å². The predicted molar refractivity (Wildman–Crippen MR) is 75.4 cm³/mol. The van der Waals surface area contributed by atoms with E-state index < -0.39 is 0 Å². The van der Waals surface area contributed by atoms with Gasteiger partial charge in [-0.1, -0.05) is 36.4 Å². The van der Waals surface area contributed by atoms with Gasteiger partial charge in [-0.05, 0) is 18.7 Å². The van der Waals surface area contributed by atoms with Crippen molar-refractivity contribution in [3.63, 3.8) is 0 Å². The number of hydrogen-bond acceptors (Lipinski definition) is 3. The molecule has 0 spiro atoms. The van der Waals surface area contributed by atoms with Crippen LogP contribution in [0.15, 0.2) is 48.7 Å². The third-order valence-corrected chi connectivity index (χ3v) is 2.86. The van der Waals surface area contributed by atoms with Gasteiger partial charge in [0, 0.05) is 31.9 Å². The van der Waals surface area contributed by atoms with E-state index in [1.807, 2.05) is 25.4 Å². The number of nitrogens with one attached hydrogen (secondary N) is 1. The first-order valence-corrected chi connectivity index (χ1v) is 6.13. The lowest BCUT2D eigenvalue weighted by atomic mass is 10.2. The number of rotatable bonds is 5. The third-order valence-electron chi connectivity index (χ3n) is 2.86. The van der Waals surface area contributed by atoms with Crippen molar-refractivity contribution in [1.82, 2.24) is 9.88 Å². The van der Waals surface area contributed by atoms with Crippen LogP contribution in [0.1, 0.15) is 11.1 Å². The molecule has 3 heteroatoms. The van der Waals surface area contributed by atoms with Crippen molar-refractivity contribution in [2.24, 2.45) is 0 Å². The second-order valence-corrected chi connectivity index (χ2v) is 4.42. The Hall–Kier alpha value is -1.87. The van der Waals surface area contributed by atoms with Crippen LogP contribution in [-0.4, -0.2) is 24.0 Å². The van der Waals surface area contributed by atoms with Crippen molar-refractivity contribution < 1.29 is 0 Å². The van der Waals surface area contributed by atoms with Gasteiger partial charge >= 0.3 is 0 Å². The van der Waals surface area contributed by atoms with E-state index in [0.29, 0.717) is 0 Å². The molecular formula is C15H19N3. The van der Waals surface area contributed by atoms with Crippen LogP contribution in [0.3, 0.4) is 0 Å². The SMILES string of the molecule is CNc1ncccc1CN(C)Cc1ccccc1. The monoisotopic (exact) mass is 241 g/mol. The van der Waals surface area contributed by atoms with Gasteiger partial charge in [0.2, 0.25) is 0 Å². The number of anilines is 1. The molecule has 1 aromatic heterocycles. The first-order chi connectivity index (χ1) is 8.79. The molecule has 1 heterocycles. The predicted octanol–water partition coefficient (Wildman–Crippen LogP) is 2.76. The highest BCUT2D eigenvalue weighted by Gasteiger charge is 2.05. The zero-order valence-corrected chi connectivity index (χ0v) is 10.9. The molecule has 2 rings (SSSR count). The maximum atomic E-state index is 4.32. The fourth-order valence-corrected chi connectivity index (χ4v) is 2.03. The van der Waals surface area contributed by atoms with Crippen molar-refractivity contribution in [2.45, 2.75) is 13.1 Å². The number of pyridine rings is 1. The summed E-state index contributed by atoms with van der Waals surface area (Å²) in [6.07, 6.45) is 1.81. The normalized spacial score (nSPS) is 10.6. The molecule has 0 saturated carbocycles. The van der Waals surface area contributed by atoms with Gasteiger partial charge in [0.1, 0.15) is 5.82 Å². The van der Waals surface area contributed by atoms with Crippen LogP contribution in [0.25, 0.3) is 0 Å². The van der Waals surface area contributed by atoms with Crippen LogP contribution < -0.4 is 5.32 Å². The highest BCUT2D eigenvalue weighted by Crippen LogP contribution is 2.14. The number of aromatic nitrogens is 1. The van der Waals surface area contributed by atoms with Gasteiger partial charge in [0.15, 0.2) is 0 Å². The summed E-state index contributed by atoms with van der Waals surface area (Å²) in [6.45, 7) is 1.83. The van der Waals surface area contributed by atoms with Crippen molar-refractivity contribution >= 4 is 5.82 Å². The zero-order valence-electron chi connectivity index (χ0n) is 10.9. The van der Waals surface area contributed by atoms with E-state index in [9.17, 15) is 0 Å². The minimum Gasteiger partial charge on any atom is -0.373 e. The van der Waals surface area contributed by atoms with Gasteiger partial charge in [0.25, 0.3) is 0 Å². The lowest BCUT2D eigenvalue weighted by Crippen LogP contribution is -2.18. The molecule has 18 heavy (non-hydrogen) atoms. The Morgan fingerprint density at radius 3 is 2.56 bits per heavy atom. The number of benzene rings is 1. The maximum absolute atomic E-state index is 4.32. The summed E-state index contributed by atoms with van der Waals surface area (Å²) in [5, 5.41) is 3.13. The Morgan fingerprint density at radius 1 is 1.06 bits per heavy atom. The van der Waals surface area contributed by atoms with E-state index in [1.54, 1.807) is 0 Å². The van der Waals surface area contributed by atoms with Crippen LogP contribution in [0, 0.1) is 0 Å². The molecule has 0 fully saturated rings. The molecule has 2 aromatic rings. The molecule has 0 unspecified atom stereocenters. The van der Waals surface area contributed by atoms with Gasteiger partial charge in [-0.15, -0.1) is 0 Å². The Balaban J connectivity index is 2.01. The largest absolute Gasteiger partial charge is 0.373 e. The molecule has 1 N–H and O–H groups in total. The molecule has 0 aliphatic rings. The average molecular weight is 241 g/mol. The topological polar surface area (TPSA) is 28.2 Å². The highest BCUT2D eigenvalue weighted by molar-refractivity contribution is 5.42. The summed E-state index contributed by atoms with van der Waals surface area (Å²) in [7, 11) is 4.03. The minimum absolute atomic E-state index is 0.888.